The van der Waals surface area contributed by atoms with Gasteiger partial charge in [-0.05, 0) is 19.8 Å². The molecule has 1 saturated heterocycles. The van der Waals surface area contributed by atoms with Gasteiger partial charge in [-0.1, -0.05) is 0 Å². The van der Waals surface area contributed by atoms with Crippen LogP contribution in [0.2, 0.25) is 0 Å². The van der Waals surface area contributed by atoms with Crippen molar-refractivity contribution in [2.75, 3.05) is 13.1 Å². The van der Waals surface area contributed by atoms with Crippen LogP contribution in [0.25, 0.3) is 0 Å². The van der Waals surface area contributed by atoms with Crippen LogP contribution in [0.1, 0.15) is 19.8 Å². The van der Waals surface area contributed by atoms with Gasteiger partial charge in [-0.3, -0.25) is 0 Å². The van der Waals surface area contributed by atoms with E-state index in [1.807, 2.05) is 0 Å². The van der Waals surface area contributed by atoms with Gasteiger partial charge in [-0.15, -0.1) is 24.8 Å². The lowest BCUT2D eigenvalue weighted by atomic mass is 9.95. The van der Waals surface area contributed by atoms with Gasteiger partial charge in [0.25, 0.3) is 0 Å². The number of hydrogen-bond donors (Lipinski definition) is 2. The lowest BCUT2D eigenvalue weighted by Gasteiger charge is -2.40. The molecule has 0 amide bonds. The fourth-order valence-electron chi connectivity index (χ4n) is 1.32. The van der Waals surface area contributed by atoms with Crippen molar-refractivity contribution in [2.45, 2.75) is 31.3 Å². The maximum Gasteiger partial charge on any atom is 0.0405 e. The van der Waals surface area contributed by atoms with Crippen LogP contribution in [0.5, 0.6) is 0 Å². The highest BCUT2D eigenvalue weighted by atomic mass is 35.5. The van der Waals surface area contributed by atoms with Gasteiger partial charge in [-0.25, -0.2) is 0 Å². The number of halogens is 2. The van der Waals surface area contributed by atoms with Gasteiger partial charge >= 0.3 is 0 Å². The Hall–Kier alpha value is 0.500. The minimum Gasteiger partial charge on any atom is -0.313 e. The van der Waals surface area contributed by atoms with Crippen LogP contribution in [0.15, 0.2) is 0 Å². The lowest BCUT2D eigenvalue weighted by molar-refractivity contribution is 0.236. The Morgan fingerprint density at radius 2 is 1.82 bits per heavy atom. The van der Waals surface area contributed by atoms with Gasteiger partial charge in [0, 0.05) is 24.7 Å². The number of hydrogen-bond acceptors (Lipinski definition) is 2. The Balaban J connectivity index is 0.000000500. The number of rotatable bonds is 2. The normalized spacial score (nSPS) is 25.9. The van der Waals surface area contributed by atoms with Crippen molar-refractivity contribution < 1.29 is 0 Å². The second kappa shape index (κ2) is 3.94. The zero-order valence-corrected chi connectivity index (χ0v) is 8.36. The monoisotopic (exact) mass is 198 g/mol. The van der Waals surface area contributed by atoms with Crippen molar-refractivity contribution in [2.24, 2.45) is 0 Å². The molecule has 68 valence electrons. The summed E-state index contributed by atoms with van der Waals surface area (Å²) < 4.78 is 0. The Labute approximate surface area is 80.3 Å². The first-order chi connectivity index (χ1) is 4.29. The molecule has 2 N–H and O–H groups in total. The van der Waals surface area contributed by atoms with Crippen molar-refractivity contribution >= 4 is 24.8 Å². The third kappa shape index (κ3) is 2.79. The van der Waals surface area contributed by atoms with Crippen LogP contribution < -0.4 is 10.6 Å². The molecule has 0 aromatic carbocycles. The SMILES string of the molecule is CC1(NC2CC2)CNC1.Cl.Cl. The topological polar surface area (TPSA) is 24.1 Å². The highest BCUT2D eigenvalue weighted by molar-refractivity contribution is 5.85. The molecule has 0 atom stereocenters. The first-order valence-corrected chi connectivity index (χ1v) is 3.77. The van der Waals surface area contributed by atoms with Crippen molar-refractivity contribution in [3.8, 4) is 0 Å². The Morgan fingerprint density at radius 1 is 1.27 bits per heavy atom. The van der Waals surface area contributed by atoms with Crippen LogP contribution in [-0.4, -0.2) is 24.7 Å². The molecule has 11 heavy (non-hydrogen) atoms. The van der Waals surface area contributed by atoms with Crippen LogP contribution in [-0.2, 0) is 0 Å². The summed E-state index contributed by atoms with van der Waals surface area (Å²) in [5.74, 6) is 0. The average molecular weight is 199 g/mol. The summed E-state index contributed by atoms with van der Waals surface area (Å²) in [4.78, 5) is 0. The smallest absolute Gasteiger partial charge is 0.0405 e. The molecule has 0 aromatic heterocycles. The molecule has 0 spiro atoms. The van der Waals surface area contributed by atoms with E-state index in [2.05, 4.69) is 17.6 Å². The second-order valence-electron chi connectivity index (χ2n) is 3.58. The summed E-state index contributed by atoms with van der Waals surface area (Å²) >= 11 is 0. The van der Waals surface area contributed by atoms with Crippen LogP contribution in [0, 0.1) is 0 Å². The molecule has 0 radical (unpaired) electrons. The molecule has 2 fully saturated rings. The van der Waals surface area contributed by atoms with E-state index in [9.17, 15) is 0 Å². The maximum absolute atomic E-state index is 3.60. The first kappa shape index (κ1) is 11.5. The van der Waals surface area contributed by atoms with Gasteiger partial charge in [0.05, 0.1) is 0 Å². The zero-order chi connectivity index (χ0) is 6.32. The summed E-state index contributed by atoms with van der Waals surface area (Å²) in [6, 6.07) is 0.858. The van der Waals surface area contributed by atoms with Gasteiger partial charge in [0.15, 0.2) is 0 Å². The molecule has 4 heteroatoms. The molecule has 2 rings (SSSR count). The predicted molar refractivity (Wildman–Crippen MR) is 51.9 cm³/mol. The molecule has 1 aliphatic heterocycles. The molecule has 0 bridgehead atoms. The Morgan fingerprint density at radius 3 is 2.09 bits per heavy atom. The molecule has 1 aliphatic carbocycles. The van der Waals surface area contributed by atoms with E-state index in [4.69, 9.17) is 0 Å². The summed E-state index contributed by atoms with van der Waals surface area (Å²) in [7, 11) is 0. The Bertz CT molecular complexity index is 122. The van der Waals surface area contributed by atoms with Gasteiger partial charge < -0.3 is 10.6 Å². The molecule has 2 aliphatic rings. The summed E-state index contributed by atoms with van der Waals surface area (Å²) in [6.07, 6.45) is 2.80. The highest BCUT2D eigenvalue weighted by Crippen LogP contribution is 2.23. The predicted octanol–water partition coefficient (Wildman–Crippen LogP) is 0.944. The maximum atomic E-state index is 3.60. The summed E-state index contributed by atoms with van der Waals surface area (Å²) in [6.45, 7) is 4.61. The van der Waals surface area contributed by atoms with Gasteiger partial charge in [-0.2, -0.15) is 0 Å². The van der Waals surface area contributed by atoms with E-state index in [-0.39, 0.29) is 24.8 Å². The zero-order valence-electron chi connectivity index (χ0n) is 6.72. The van der Waals surface area contributed by atoms with E-state index < -0.39 is 0 Å². The van der Waals surface area contributed by atoms with Crippen LogP contribution >= 0.6 is 24.8 Å². The summed E-state index contributed by atoms with van der Waals surface area (Å²) in [5.41, 5.74) is 0.446. The van der Waals surface area contributed by atoms with E-state index in [1.165, 1.54) is 12.8 Å². The minimum atomic E-state index is 0. The van der Waals surface area contributed by atoms with Gasteiger partial charge in [0.2, 0.25) is 0 Å². The van der Waals surface area contributed by atoms with E-state index in [1.54, 1.807) is 0 Å². The highest BCUT2D eigenvalue weighted by Gasteiger charge is 2.36. The third-order valence-electron chi connectivity index (χ3n) is 2.16. The first-order valence-electron chi connectivity index (χ1n) is 3.77. The lowest BCUT2D eigenvalue weighted by Crippen LogP contribution is -2.66. The van der Waals surface area contributed by atoms with Crippen molar-refractivity contribution in [1.29, 1.82) is 0 Å². The van der Waals surface area contributed by atoms with E-state index in [0.29, 0.717) is 5.54 Å². The fourth-order valence-corrected chi connectivity index (χ4v) is 1.32. The second-order valence-corrected chi connectivity index (χ2v) is 3.58. The standard InChI is InChI=1S/C7H14N2.2ClH/c1-7(4-8-5-7)9-6-2-3-6;;/h6,8-9H,2-5H2,1H3;2*1H. The van der Waals surface area contributed by atoms with E-state index >= 15 is 0 Å². The minimum absolute atomic E-state index is 0. The fraction of sp³-hybridized carbons (Fsp3) is 1.00. The number of nitrogens with one attached hydrogen (secondary N) is 2. The Kier molecular flexibility index (Phi) is 4.12. The van der Waals surface area contributed by atoms with Crippen molar-refractivity contribution in [3.05, 3.63) is 0 Å². The van der Waals surface area contributed by atoms with Gasteiger partial charge in [0.1, 0.15) is 0 Å². The van der Waals surface area contributed by atoms with Crippen molar-refractivity contribution in [3.63, 3.8) is 0 Å². The van der Waals surface area contributed by atoms with Crippen LogP contribution in [0.3, 0.4) is 0 Å². The molecule has 0 unspecified atom stereocenters. The average Bonchev–Trinajstić information content (AvgIpc) is 2.46. The molecule has 1 saturated carbocycles. The van der Waals surface area contributed by atoms with E-state index in [0.717, 1.165) is 19.1 Å². The molecule has 0 aromatic rings. The molecular weight excluding hydrogens is 183 g/mol. The summed E-state index contributed by atoms with van der Waals surface area (Å²) in [5, 5.41) is 6.88. The van der Waals surface area contributed by atoms with Crippen LogP contribution in [0.4, 0.5) is 0 Å². The third-order valence-corrected chi connectivity index (χ3v) is 2.16. The molecule has 2 nitrogen and oxygen atoms in total. The molecule has 1 heterocycles. The quantitative estimate of drug-likeness (QED) is 0.691. The molecular formula is C7H16Cl2N2. The van der Waals surface area contributed by atoms with Crippen molar-refractivity contribution in [1.82, 2.24) is 10.6 Å². The largest absolute Gasteiger partial charge is 0.313 e.